The molecule has 1 N–H and O–H groups in total. The Bertz CT molecular complexity index is 164. The van der Waals surface area contributed by atoms with Crippen molar-refractivity contribution in [3.63, 3.8) is 0 Å². The minimum absolute atomic E-state index is 0.964. The first kappa shape index (κ1) is 8.49. The molecular weight excluding hydrogens is 175 g/mol. The van der Waals surface area contributed by atoms with Crippen molar-refractivity contribution in [2.75, 3.05) is 0 Å². The van der Waals surface area contributed by atoms with Crippen molar-refractivity contribution in [3.8, 4) is 0 Å². The molecule has 0 aliphatic heterocycles. The molecule has 0 unspecified atom stereocenters. The average Bonchev–Trinajstić information content (AvgIpc) is 1.25. The summed E-state index contributed by atoms with van der Waals surface area (Å²) in [5, 5.41) is 0. The van der Waals surface area contributed by atoms with E-state index in [0.717, 1.165) is 6.92 Å². The predicted octanol–water partition coefficient (Wildman–Crippen LogP) is 1.03. The number of alkyl halides is 2. The zero-order valence-electron chi connectivity index (χ0n) is 3.93. The van der Waals surface area contributed by atoms with E-state index in [4.69, 9.17) is 27.8 Å². The summed E-state index contributed by atoms with van der Waals surface area (Å²) in [6.07, 6.45) is 0. The first-order valence-electron chi connectivity index (χ1n) is 1.60. The highest BCUT2D eigenvalue weighted by atomic mass is 35.5. The molecule has 0 amide bonds. The highest BCUT2D eigenvalue weighted by molar-refractivity contribution is 7.90. The number of rotatable bonds is 1. The first-order chi connectivity index (χ1) is 3.25. The quantitative estimate of drug-likeness (QED) is 0.483. The van der Waals surface area contributed by atoms with Gasteiger partial charge < -0.3 is 0 Å². The van der Waals surface area contributed by atoms with Crippen molar-refractivity contribution in [3.05, 3.63) is 0 Å². The SMILES string of the molecule is CC(Cl)(Cl)S(=O)(=O)O. The second-order valence-electron chi connectivity index (χ2n) is 1.28. The van der Waals surface area contributed by atoms with Crippen LogP contribution in [0.4, 0.5) is 0 Å². The van der Waals surface area contributed by atoms with Crippen molar-refractivity contribution in [2.45, 2.75) is 10.6 Å². The van der Waals surface area contributed by atoms with E-state index >= 15 is 0 Å². The fourth-order valence-corrected chi connectivity index (χ4v) is 0. The molecule has 0 aromatic carbocycles. The highest BCUT2D eigenvalue weighted by Crippen LogP contribution is 2.25. The van der Waals surface area contributed by atoms with Crippen molar-refractivity contribution in [1.29, 1.82) is 0 Å². The van der Waals surface area contributed by atoms with Crippen LogP contribution in [-0.2, 0) is 10.1 Å². The van der Waals surface area contributed by atoms with E-state index in [-0.39, 0.29) is 0 Å². The molecule has 0 aliphatic carbocycles. The standard InChI is InChI=1S/C2H4Cl2O3S/c1-2(3,4)8(5,6)7/h1H3,(H,5,6,7). The summed E-state index contributed by atoms with van der Waals surface area (Å²) in [6.45, 7) is 0.964. The van der Waals surface area contributed by atoms with Gasteiger partial charge in [-0.2, -0.15) is 8.42 Å². The maximum absolute atomic E-state index is 9.94. The second-order valence-corrected chi connectivity index (χ2v) is 5.20. The summed E-state index contributed by atoms with van der Waals surface area (Å²) in [5.41, 5.74) is 0. The Morgan fingerprint density at radius 1 is 1.50 bits per heavy atom. The molecule has 0 aromatic rings. The van der Waals surface area contributed by atoms with E-state index in [0.29, 0.717) is 0 Å². The normalized spacial score (nSPS) is 14.0. The van der Waals surface area contributed by atoms with Crippen LogP contribution in [0, 0.1) is 0 Å². The van der Waals surface area contributed by atoms with Gasteiger partial charge >= 0.3 is 0 Å². The monoisotopic (exact) mass is 178 g/mol. The second kappa shape index (κ2) is 2.02. The third-order valence-corrected chi connectivity index (χ3v) is 2.53. The van der Waals surface area contributed by atoms with E-state index in [1.54, 1.807) is 0 Å². The van der Waals surface area contributed by atoms with Gasteiger partial charge in [0.25, 0.3) is 10.1 Å². The summed E-state index contributed by atoms with van der Waals surface area (Å²) in [7, 11) is -4.31. The van der Waals surface area contributed by atoms with Crippen LogP contribution in [-0.4, -0.2) is 16.6 Å². The Kier molecular flexibility index (Phi) is 2.15. The zero-order valence-corrected chi connectivity index (χ0v) is 6.26. The van der Waals surface area contributed by atoms with Gasteiger partial charge in [-0.15, -0.1) is 0 Å². The zero-order chi connectivity index (χ0) is 7.00. The van der Waals surface area contributed by atoms with Crippen molar-refractivity contribution < 1.29 is 13.0 Å². The molecule has 0 fully saturated rings. The maximum atomic E-state index is 9.94. The lowest BCUT2D eigenvalue weighted by Gasteiger charge is -2.06. The van der Waals surface area contributed by atoms with E-state index in [1.807, 2.05) is 0 Å². The van der Waals surface area contributed by atoms with Crippen molar-refractivity contribution in [2.24, 2.45) is 0 Å². The lowest BCUT2D eigenvalue weighted by molar-refractivity contribution is 0.477. The Morgan fingerprint density at radius 2 is 1.62 bits per heavy atom. The van der Waals surface area contributed by atoms with Crippen molar-refractivity contribution >= 4 is 33.3 Å². The molecule has 0 atom stereocenters. The van der Waals surface area contributed by atoms with Gasteiger partial charge in [0, 0.05) is 0 Å². The Labute approximate surface area is 57.3 Å². The molecule has 0 saturated heterocycles. The smallest absolute Gasteiger partial charge is 0.283 e. The third kappa shape index (κ3) is 2.17. The molecule has 50 valence electrons. The minimum Gasteiger partial charge on any atom is -0.283 e. The number of hydrogen-bond donors (Lipinski definition) is 1. The van der Waals surface area contributed by atoms with Gasteiger partial charge in [-0.25, -0.2) is 0 Å². The maximum Gasteiger partial charge on any atom is 0.299 e. The molecule has 0 bridgehead atoms. The minimum atomic E-state index is -4.31. The van der Waals surface area contributed by atoms with E-state index in [1.165, 1.54) is 0 Å². The Balaban J connectivity index is 4.53. The molecular formula is C2H4Cl2O3S. The number of halogens is 2. The molecule has 3 nitrogen and oxygen atoms in total. The Morgan fingerprint density at radius 3 is 1.62 bits per heavy atom. The lowest BCUT2D eigenvalue weighted by atomic mass is 10.9. The fraction of sp³-hybridized carbons (Fsp3) is 1.00. The van der Waals surface area contributed by atoms with Gasteiger partial charge in [-0.1, -0.05) is 23.2 Å². The summed E-state index contributed by atoms with van der Waals surface area (Å²) in [6, 6.07) is 0. The highest BCUT2D eigenvalue weighted by Gasteiger charge is 2.32. The molecule has 8 heavy (non-hydrogen) atoms. The van der Waals surface area contributed by atoms with Gasteiger partial charge in [0.1, 0.15) is 0 Å². The molecule has 0 rings (SSSR count). The van der Waals surface area contributed by atoms with Gasteiger partial charge in [-0.3, -0.25) is 4.55 Å². The molecule has 6 heteroatoms. The van der Waals surface area contributed by atoms with E-state index in [2.05, 4.69) is 0 Å². The van der Waals surface area contributed by atoms with Crippen molar-refractivity contribution in [1.82, 2.24) is 0 Å². The largest absolute Gasteiger partial charge is 0.299 e. The topological polar surface area (TPSA) is 54.4 Å². The van der Waals surface area contributed by atoms with Crippen LogP contribution in [0.25, 0.3) is 0 Å². The van der Waals surface area contributed by atoms with Crippen LogP contribution in [0.2, 0.25) is 0 Å². The molecule has 0 radical (unpaired) electrons. The average molecular weight is 179 g/mol. The van der Waals surface area contributed by atoms with Crippen LogP contribution in [0.5, 0.6) is 0 Å². The first-order valence-corrected chi connectivity index (χ1v) is 3.79. The van der Waals surface area contributed by atoms with Crippen LogP contribution in [0.15, 0.2) is 0 Å². The molecule has 0 aliphatic rings. The van der Waals surface area contributed by atoms with Gasteiger partial charge in [0.2, 0.25) is 3.67 Å². The molecule has 0 saturated carbocycles. The van der Waals surface area contributed by atoms with Crippen LogP contribution in [0.1, 0.15) is 6.92 Å². The molecule has 0 heterocycles. The van der Waals surface area contributed by atoms with Crippen LogP contribution >= 0.6 is 23.2 Å². The van der Waals surface area contributed by atoms with E-state index in [9.17, 15) is 8.42 Å². The van der Waals surface area contributed by atoms with Gasteiger partial charge in [0.15, 0.2) is 0 Å². The van der Waals surface area contributed by atoms with Crippen LogP contribution in [0.3, 0.4) is 0 Å². The number of hydrogen-bond acceptors (Lipinski definition) is 2. The molecule has 0 aromatic heterocycles. The molecule has 0 spiro atoms. The summed E-state index contributed by atoms with van der Waals surface area (Å²) >= 11 is 9.87. The lowest BCUT2D eigenvalue weighted by Crippen LogP contribution is -2.20. The van der Waals surface area contributed by atoms with Gasteiger partial charge in [-0.05, 0) is 6.92 Å². The van der Waals surface area contributed by atoms with Crippen LogP contribution < -0.4 is 0 Å². The Hall–Kier alpha value is 0.490. The predicted molar refractivity (Wildman–Crippen MR) is 31.7 cm³/mol. The third-order valence-electron chi connectivity index (χ3n) is 0.453. The summed E-state index contributed by atoms with van der Waals surface area (Å²) < 4.78 is 25.9. The fourth-order valence-electron chi connectivity index (χ4n) is 0. The summed E-state index contributed by atoms with van der Waals surface area (Å²) in [4.78, 5) is 0. The van der Waals surface area contributed by atoms with Gasteiger partial charge in [0.05, 0.1) is 0 Å². The van der Waals surface area contributed by atoms with E-state index < -0.39 is 13.8 Å². The summed E-state index contributed by atoms with van der Waals surface area (Å²) in [5.74, 6) is 0.